The molecule has 0 radical (unpaired) electrons. The van der Waals surface area contributed by atoms with Crippen LogP contribution in [0.4, 0.5) is 15.8 Å². The zero-order chi connectivity index (χ0) is 19.1. The summed E-state index contributed by atoms with van der Waals surface area (Å²) in [5.41, 5.74) is 1.15. The molecule has 2 aromatic carbocycles. The van der Waals surface area contributed by atoms with Crippen molar-refractivity contribution in [2.75, 3.05) is 36.9 Å². The second-order valence-electron chi connectivity index (χ2n) is 5.81. The predicted molar refractivity (Wildman–Crippen MR) is 102 cm³/mol. The lowest BCUT2D eigenvalue weighted by Crippen LogP contribution is -2.41. The molecule has 0 spiro atoms. The average molecular weight is 378 g/mol. The molecule has 0 aromatic heterocycles. The maximum Gasteiger partial charge on any atom is 0.241 e. The SMILES string of the molecule is CCN(C(=O)CN(C)CC(=O)Nc1ccccc1Cl)c1ccc(F)cc1. The monoisotopic (exact) mass is 377 g/mol. The minimum atomic E-state index is -0.356. The summed E-state index contributed by atoms with van der Waals surface area (Å²) in [5.74, 6) is -0.795. The molecular weight excluding hydrogens is 357 g/mol. The third-order valence-electron chi connectivity index (χ3n) is 3.72. The number of hydrogen-bond acceptors (Lipinski definition) is 3. The summed E-state index contributed by atoms with van der Waals surface area (Å²) in [5, 5.41) is 3.17. The summed E-state index contributed by atoms with van der Waals surface area (Å²) in [6.07, 6.45) is 0. The lowest BCUT2D eigenvalue weighted by molar-refractivity contribution is -0.121. The highest BCUT2D eigenvalue weighted by Gasteiger charge is 2.17. The van der Waals surface area contributed by atoms with E-state index < -0.39 is 0 Å². The molecule has 2 rings (SSSR count). The number of hydrogen-bond donors (Lipinski definition) is 1. The summed E-state index contributed by atoms with van der Waals surface area (Å²) in [6, 6.07) is 12.7. The molecule has 0 fully saturated rings. The van der Waals surface area contributed by atoms with Crippen LogP contribution in [0.1, 0.15) is 6.92 Å². The largest absolute Gasteiger partial charge is 0.324 e. The van der Waals surface area contributed by atoms with Crippen molar-refractivity contribution in [3.05, 3.63) is 59.4 Å². The molecule has 138 valence electrons. The van der Waals surface area contributed by atoms with Crippen molar-refractivity contribution in [2.45, 2.75) is 6.92 Å². The number of anilines is 2. The van der Waals surface area contributed by atoms with Crippen LogP contribution in [0.2, 0.25) is 5.02 Å². The molecule has 0 unspecified atom stereocenters. The highest BCUT2D eigenvalue weighted by molar-refractivity contribution is 6.33. The second-order valence-corrected chi connectivity index (χ2v) is 6.22. The molecule has 0 aliphatic heterocycles. The van der Waals surface area contributed by atoms with Gasteiger partial charge in [-0.05, 0) is 50.4 Å². The first-order valence-electron chi connectivity index (χ1n) is 8.19. The van der Waals surface area contributed by atoms with Crippen LogP contribution in [0, 0.1) is 5.82 Å². The van der Waals surface area contributed by atoms with Crippen LogP contribution < -0.4 is 10.2 Å². The first kappa shape index (κ1) is 19.9. The fourth-order valence-electron chi connectivity index (χ4n) is 2.49. The number of benzene rings is 2. The van der Waals surface area contributed by atoms with E-state index in [1.165, 1.54) is 12.1 Å². The average Bonchev–Trinajstić information content (AvgIpc) is 2.59. The number of para-hydroxylation sites is 1. The van der Waals surface area contributed by atoms with Gasteiger partial charge in [0.25, 0.3) is 0 Å². The molecule has 0 bridgehead atoms. The van der Waals surface area contributed by atoms with E-state index in [0.717, 1.165) is 0 Å². The van der Waals surface area contributed by atoms with Crippen molar-refractivity contribution in [1.82, 2.24) is 4.90 Å². The van der Waals surface area contributed by atoms with Gasteiger partial charge in [0.1, 0.15) is 5.82 Å². The van der Waals surface area contributed by atoms with Gasteiger partial charge in [-0.25, -0.2) is 4.39 Å². The van der Waals surface area contributed by atoms with Gasteiger partial charge in [0.15, 0.2) is 0 Å². The van der Waals surface area contributed by atoms with E-state index >= 15 is 0 Å². The van der Waals surface area contributed by atoms with Gasteiger partial charge >= 0.3 is 0 Å². The van der Waals surface area contributed by atoms with Crippen LogP contribution in [-0.4, -0.2) is 43.4 Å². The van der Waals surface area contributed by atoms with E-state index in [0.29, 0.717) is 22.9 Å². The molecule has 5 nitrogen and oxygen atoms in total. The molecule has 2 aromatic rings. The van der Waals surface area contributed by atoms with Crippen molar-refractivity contribution >= 4 is 34.8 Å². The molecule has 1 N–H and O–H groups in total. The minimum absolute atomic E-state index is 0.0396. The van der Waals surface area contributed by atoms with Crippen LogP contribution in [0.25, 0.3) is 0 Å². The van der Waals surface area contributed by atoms with E-state index in [-0.39, 0.29) is 30.7 Å². The Morgan fingerprint density at radius 2 is 1.73 bits per heavy atom. The summed E-state index contributed by atoms with van der Waals surface area (Å²) in [7, 11) is 1.68. The molecule has 7 heteroatoms. The third-order valence-corrected chi connectivity index (χ3v) is 4.05. The smallest absolute Gasteiger partial charge is 0.241 e. The van der Waals surface area contributed by atoms with Crippen LogP contribution in [0.3, 0.4) is 0 Å². The first-order chi connectivity index (χ1) is 12.4. The number of nitrogens with one attached hydrogen (secondary N) is 1. The summed E-state index contributed by atoms with van der Waals surface area (Å²) < 4.78 is 13.1. The lowest BCUT2D eigenvalue weighted by atomic mass is 10.2. The second kappa shape index (κ2) is 9.31. The van der Waals surface area contributed by atoms with Gasteiger partial charge in [-0.1, -0.05) is 23.7 Å². The number of nitrogens with zero attached hydrogens (tertiary/aromatic N) is 2. The van der Waals surface area contributed by atoms with Gasteiger partial charge < -0.3 is 10.2 Å². The van der Waals surface area contributed by atoms with Crippen molar-refractivity contribution < 1.29 is 14.0 Å². The van der Waals surface area contributed by atoms with Gasteiger partial charge in [-0.3, -0.25) is 14.5 Å². The molecular formula is C19H21ClFN3O2. The Hall–Kier alpha value is -2.44. The topological polar surface area (TPSA) is 52.7 Å². The van der Waals surface area contributed by atoms with Crippen molar-refractivity contribution in [1.29, 1.82) is 0 Å². The fraction of sp³-hybridized carbons (Fsp3) is 0.263. The standard InChI is InChI=1S/C19H21ClFN3O2/c1-3-24(15-10-8-14(21)9-11-15)19(26)13-23(2)12-18(25)22-17-7-5-4-6-16(17)20/h4-11H,3,12-13H2,1-2H3,(H,22,25). The molecule has 0 aliphatic rings. The summed E-state index contributed by atoms with van der Waals surface area (Å²) >= 11 is 6.01. The van der Waals surface area contributed by atoms with Crippen molar-refractivity contribution in [2.24, 2.45) is 0 Å². The van der Waals surface area contributed by atoms with Gasteiger partial charge in [0, 0.05) is 12.2 Å². The number of amides is 2. The van der Waals surface area contributed by atoms with Gasteiger partial charge in [-0.15, -0.1) is 0 Å². The van der Waals surface area contributed by atoms with E-state index in [4.69, 9.17) is 11.6 Å². The molecule has 0 saturated carbocycles. The van der Waals surface area contributed by atoms with Crippen LogP contribution in [0.5, 0.6) is 0 Å². The Kier molecular flexibility index (Phi) is 7.12. The van der Waals surface area contributed by atoms with E-state index in [9.17, 15) is 14.0 Å². The highest BCUT2D eigenvalue weighted by atomic mass is 35.5. The van der Waals surface area contributed by atoms with Gasteiger partial charge in [0.05, 0.1) is 23.8 Å². The molecule has 0 aliphatic carbocycles. The zero-order valence-corrected chi connectivity index (χ0v) is 15.5. The number of halogens is 2. The first-order valence-corrected chi connectivity index (χ1v) is 8.57. The Balaban J connectivity index is 1.92. The van der Waals surface area contributed by atoms with E-state index in [1.807, 2.05) is 6.92 Å². The molecule has 2 amide bonds. The number of carbonyl (C=O) groups excluding carboxylic acids is 2. The number of rotatable bonds is 7. The van der Waals surface area contributed by atoms with Gasteiger partial charge in [-0.2, -0.15) is 0 Å². The summed E-state index contributed by atoms with van der Waals surface area (Å²) in [6.45, 7) is 2.38. The van der Waals surface area contributed by atoms with E-state index in [2.05, 4.69) is 5.32 Å². The lowest BCUT2D eigenvalue weighted by Gasteiger charge is -2.24. The Morgan fingerprint density at radius 3 is 2.35 bits per heavy atom. The molecule has 26 heavy (non-hydrogen) atoms. The molecule has 0 heterocycles. The Morgan fingerprint density at radius 1 is 1.08 bits per heavy atom. The normalized spacial score (nSPS) is 10.7. The highest BCUT2D eigenvalue weighted by Crippen LogP contribution is 2.20. The quantitative estimate of drug-likeness (QED) is 0.804. The zero-order valence-electron chi connectivity index (χ0n) is 14.7. The van der Waals surface area contributed by atoms with E-state index in [1.54, 1.807) is 53.2 Å². The maximum absolute atomic E-state index is 13.1. The number of carbonyl (C=O) groups is 2. The number of likely N-dealkylation sites (N-methyl/N-ethyl adjacent to an activating group) is 2. The molecule has 0 atom stereocenters. The Labute approximate surface area is 157 Å². The fourth-order valence-corrected chi connectivity index (χ4v) is 2.68. The predicted octanol–water partition coefficient (Wildman–Crippen LogP) is 3.40. The van der Waals surface area contributed by atoms with Crippen LogP contribution >= 0.6 is 11.6 Å². The van der Waals surface area contributed by atoms with Crippen molar-refractivity contribution in [3.8, 4) is 0 Å². The summed E-state index contributed by atoms with van der Waals surface area (Å²) in [4.78, 5) is 27.8. The van der Waals surface area contributed by atoms with Crippen LogP contribution in [-0.2, 0) is 9.59 Å². The molecule has 0 saturated heterocycles. The third kappa shape index (κ3) is 5.54. The maximum atomic E-state index is 13.1. The van der Waals surface area contributed by atoms with Crippen LogP contribution in [0.15, 0.2) is 48.5 Å². The minimum Gasteiger partial charge on any atom is -0.324 e. The van der Waals surface area contributed by atoms with Crippen molar-refractivity contribution in [3.63, 3.8) is 0 Å². The Bertz CT molecular complexity index is 768. The van der Waals surface area contributed by atoms with Gasteiger partial charge in [0.2, 0.25) is 11.8 Å².